The van der Waals surface area contributed by atoms with Crippen molar-refractivity contribution < 1.29 is 4.79 Å². The summed E-state index contributed by atoms with van der Waals surface area (Å²) in [5.74, 6) is 0.776. The molecule has 0 spiro atoms. The number of nitrogens with zero attached hydrogens (tertiary/aromatic N) is 3. The van der Waals surface area contributed by atoms with Crippen molar-refractivity contribution in [2.45, 2.75) is 25.7 Å². The van der Waals surface area contributed by atoms with Crippen molar-refractivity contribution in [2.24, 2.45) is 0 Å². The second-order valence-corrected chi connectivity index (χ2v) is 7.62. The third-order valence-electron chi connectivity index (χ3n) is 4.63. The molecule has 1 saturated heterocycles. The Labute approximate surface area is 157 Å². The molecule has 1 fully saturated rings. The first-order valence-electron chi connectivity index (χ1n) is 9.14. The second-order valence-electron chi connectivity index (χ2n) is 6.50. The molecule has 2 aromatic heterocycles. The summed E-state index contributed by atoms with van der Waals surface area (Å²) in [6.07, 6.45) is 5.85. The molecule has 134 valence electrons. The molecule has 0 aliphatic carbocycles. The molecule has 0 bridgehead atoms. The van der Waals surface area contributed by atoms with Crippen LogP contribution in [-0.4, -0.2) is 35.5 Å². The van der Waals surface area contributed by atoms with E-state index in [2.05, 4.69) is 26.3 Å². The van der Waals surface area contributed by atoms with Crippen LogP contribution in [0.2, 0.25) is 0 Å². The maximum atomic E-state index is 12.6. The van der Waals surface area contributed by atoms with Gasteiger partial charge in [0.05, 0.1) is 20.8 Å². The van der Waals surface area contributed by atoms with E-state index in [4.69, 9.17) is 0 Å². The lowest BCUT2D eigenvalue weighted by Crippen LogP contribution is -2.29. The first-order valence-corrected chi connectivity index (χ1v) is 9.95. The summed E-state index contributed by atoms with van der Waals surface area (Å²) < 4.78 is 1.22. The average molecular weight is 366 g/mol. The van der Waals surface area contributed by atoms with E-state index in [1.165, 1.54) is 17.5 Å². The van der Waals surface area contributed by atoms with Crippen LogP contribution < -0.4 is 10.2 Å². The van der Waals surface area contributed by atoms with E-state index in [1.807, 2.05) is 30.3 Å². The lowest BCUT2D eigenvalue weighted by atomic mass is 10.2. The molecule has 1 aliphatic heterocycles. The summed E-state index contributed by atoms with van der Waals surface area (Å²) >= 11 is 1.73. The van der Waals surface area contributed by atoms with Crippen LogP contribution in [-0.2, 0) is 6.42 Å². The number of benzene rings is 1. The molecule has 1 aromatic carbocycles. The van der Waals surface area contributed by atoms with Gasteiger partial charge in [-0.15, -0.1) is 11.3 Å². The number of thiazole rings is 1. The number of para-hydroxylation sites is 1. The lowest BCUT2D eigenvalue weighted by molar-refractivity contribution is 0.0953. The molecule has 0 atom stereocenters. The van der Waals surface area contributed by atoms with Crippen molar-refractivity contribution in [1.82, 2.24) is 15.3 Å². The number of amides is 1. The first-order chi connectivity index (χ1) is 12.8. The zero-order valence-corrected chi connectivity index (χ0v) is 15.5. The lowest BCUT2D eigenvalue weighted by Gasteiger charge is -2.19. The fourth-order valence-corrected chi connectivity index (χ4v) is 4.33. The molecule has 0 unspecified atom stereocenters. The molecule has 26 heavy (non-hydrogen) atoms. The van der Waals surface area contributed by atoms with Crippen LogP contribution in [0.15, 0.2) is 42.6 Å². The zero-order valence-electron chi connectivity index (χ0n) is 14.6. The second kappa shape index (κ2) is 7.83. The van der Waals surface area contributed by atoms with Crippen LogP contribution in [0, 0.1) is 0 Å². The van der Waals surface area contributed by atoms with Crippen molar-refractivity contribution in [3.63, 3.8) is 0 Å². The van der Waals surface area contributed by atoms with Crippen molar-refractivity contribution in [3.8, 4) is 0 Å². The summed E-state index contributed by atoms with van der Waals surface area (Å²) in [4.78, 5) is 23.9. The largest absolute Gasteiger partial charge is 0.356 e. The molecule has 0 saturated carbocycles. The SMILES string of the molecule is O=C(NCCCc1nc2ccccc2s1)c1cccnc1N1CCCC1. The highest BCUT2D eigenvalue weighted by atomic mass is 32.1. The van der Waals surface area contributed by atoms with Crippen LogP contribution in [0.4, 0.5) is 5.82 Å². The monoisotopic (exact) mass is 366 g/mol. The number of aromatic nitrogens is 2. The minimum Gasteiger partial charge on any atom is -0.356 e. The third-order valence-corrected chi connectivity index (χ3v) is 5.72. The molecule has 6 heteroatoms. The Morgan fingerprint density at radius 2 is 2.00 bits per heavy atom. The predicted octanol–water partition coefficient (Wildman–Crippen LogP) is 3.65. The molecule has 1 amide bonds. The number of nitrogens with one attached hydrogen (secondary N) is 1. The highest BCUT2D eigenvalue weighted by molar-refractivity contribution is 7.18. The smallest absolute Gasteiger partial charge is 0.255 e. The van der Waals surface area contributed by atoms with Gasteiger partial charge in [0, 0.05) is 32.3 Å². The quantitative estimate of drug-likeness (QED) is 0.677. The van der Waals surface area contributed by atoms with Crippen LogP contribution in [0.5, 0.6) is 0 Å². The molecular weight excluding hydrogens is 344 g/mol. The van der Waals surface area contributed by atoms with Crippen LogP contribution in [0.1, 0.15) is 34.6 Å². The fourth-order valence-electron chi connectivity index (χ4n) is 3.32. The number of pyridine rings is 1. The topological polar surface area (TPSA) is 58.1 Å². The summed E-state index contributed by atoms with van der Waals surface area (Å²) in [7, 11) is 0. The Morgan fingerprint density at radius 3 is 2.85 bits per heavy atom. The van der Waals surface area contributed by atoms with E-state index in [0.717, 1.165) is 42.3 Å². The van der Waals surface area contributed by atoms with Gasteiger partial charge in [-0.1, -0.05) is 12.1 Å². The van der Waals surface area contributed by atoms with Crippen molar-refractivity contribution >= 4 is 33.3 Å². The Morgan fingerprint density at radius 1 is 1.15 bits per heavy atom. The van der Waals surface area contributed by atoms with Gasteiger partial charge >= 0.3 is 0 Å². The number of carbonyl (C=O) groups is 1. The van der Waals surface area contributed by atoms with E-state index < -0.39 is 0 Å². The molecule has 1 aliphatic rings. The normalized spacial score (nSPS) is 14.1. The molecule has 1 N–H and O–H groups in total. The van der Waals surface area contributed by atoms with E-state index in [0.29, 0.717) is 12.1 Å². The Hall–Kier alpha value is -2.47. The van der Waals surface area contributed by atoms with Gasteiger partial charge in [0.25, 0.3) is 5.91 Å². The third kappa shape index (κ3) is 3.70. The maximum Gasteiger partial charge on any atom is 0.255 e. The van der Waals surface area contributed by atoms with Gasteiger partial charge in [0.2, 0.25) is 0 Å². The summed E-state index contributed by atoms with van der Waals surface area (Å²) in [6, 6.07) is 11.9. The molecule has 5 nitrogen and oxygen atoms in total. The van der Waals surface area contributed by atoms with Crippen LogP contribution in [0.25, 0.3) is 10.2 Å². The number of carbonyl (C=O) groups excluding carboxylic acids is 1. The first kappa shape index (κ1) is 17.0. The Bertz CT molecular complexity index is 868. The van der Waals surface area contributed by atoms with Crippen LogP contribution in [0.3, 0.4) is 0 Å². The van der Waals surface area contributed by atoms with Crippen LogP contribution >= 0.6 is 11.3 Å². The van der Waals surface area contributed by atoms with Crippen molar-refractivity contribution in [3.05, 3.63) is 53.2 Å². The van der Waals surface area contributed by atoms with Gasteiger partial charge in [-0.05, 0) is 43.5 Å². The average Bonchev–Trinajstić information content (AvgIpc) is 3.34. The summed E-state index contributed by atoms with van der Waals surface area (Å²) in [6.45, 7) is 2.60. The van der Waals surface area contributed by atoms with E-state index in [-0.39, 0.29) is 5.91 Å². The molecule has 0 radical (unpaired) electrons. The van der Waals surface area contributed by atoms with Crippen molar-refractivity contribution in [1.29, 1.82) is 0 Å². The van der Waals surface area contributed by atoms with Gasteiger partial charge in [0.1, 0.15) is 5.82 Å². The van der Waals surface area contributed by atoms with Gasteiger partial charge in [-0.2, -0.15) is 0 Å². The molecule has 3 heterocycles. The molecular formula is C20H22N4OS. The maximum absolute atomic E-state index is 12.6. The minimum atomic E-state index is -0.0377. The number of aryl methyl sites for hydroxylation is 1. The zero-order chi connectivity index (χ0) is 17.8. The van der Waals surface area contributed by atoms with E-state index in [9.17, 15) is 4.79 Å². The van der Waals surface area contributed by atoms with E-state index >= 15 is 0 Å². The highest BCUT2D eigenvalue weighted by Crippen LogP contribution is 2.23. The van der Waals surface area contributed by atoms with Gasteiger partial charge in [-0.3, -0.25) is 4.79 Å². The predicted molar refractivity (Wildman–Crippen MR) is 106 cm³/mol. The number of hydrogen-bond donors (Lipinski definition) is 1. The highest BCUT2D eigenvalue weighted by Gasteiger charge is 2.20. The number of hydrogen-bond acceptors (Lipinski definition) is 5. The standard InChI is InChI=1S/C20H22N4OS/c25-20(15-7-5-11-21-19(15)24-13-3-4-14-24)22-12-6-10-18-23-16-8-1-2-9-17(16)26-18/h1-2,5,7-9,11H,3-4,6,10,12-14H2,(H,22,25). The summed E-state index contributed by atoms with van der Waals surface area (Å²) in [5, 5.41) is 4.16. The van der Waals surface area contributed by atoms with E-state index in [1.54, 1.807) is 17.5 Å². The van der Waals surface area contributed by atoms with Gasteiger partial charge in [0.15, 0.2) is 0 Å². The summed E-state index contributed by atoms with van der Waals surface area (Å²) in [5.41, 5.74) is 1.73. The van der Waals surface area contributed by atoms with Gasteiger partial charge < -0.3 is 10.2 Å². The van der Waals surface area contributed by atoms with Gasteiger partial charge in [-0.25, -0.2) is 9.97 Å². The molecule has 4 rings (SSSR count). The Kier molecular flexibility index (Phi) is 5.11. The number of rotatable bonds is 6. The Balaban J connectivity index is 1.33. The number of fused-ring (bicyclic) bond motifs is 1. The minimum absolute atomic E-state index is 0.0377. The number of anilines is 1. The van der Waals surface area contributed by atoms with Crippen molar-refractivity contribution in [2.75, 3.05) is 24.5 Å². The molecule has 3 aromatic rings. The fraction of sp³-hybridized carbons (Fsp3) is 0.350.